The van der Waals surface area contributed by atoms with Gasteiger partial charge in [0.1, 0.15) is 11.7 Å². The van der Waals surface area contributed by atoms with E-state index in [1.54, 1.807) is 31.0 Å². The van der Waals surface area contributed by atoms with Crippen molar-refractivity contribution in [1.29, 1.82) is 0 Å². The summed E-state index contributed by atoms with van der Waals surface area (Å²) in [5, 5.41) is 11.6. The molecule has 1 atom stereocenters. The molecular weight excluding hydrogens is 234 g/mol. The van der Waals surface area contributed by atoms with Crippen molar-refractivity contribution in [1.82, 2.24) is 10.3 Å². The molecule has 1 aromatic rings. The fourth-order valence-corrected chi connectivity index (χ4v) is 1.69. The number of aliphatic carboxylic acids is 1. The summed E-state index contributed by atoms with van der Waals surface area (Å²) >= 11 is 0. The van der Waals surface area contributed by atoms with E-state index >= 15 is 0 Å². The van der Waals surface area contributed by atoms with Gasteiger partial charge >= 0.3 is 5.97 Å². The van der Waals surface area contributed by atoms with Crippen molar-refractivity contribution < 1.29 is 14.7 Å². The zero-order valence-electron chi connectivity index (χ0n) is 10.7. The van der Waals surface area contributed by atoms with Crippen molar-refractivity contribution in [2.45, 2.75) is 19.4 Å². The molecule has 1 heterocycles. The molecule has 0 aliphatic heterocycles. The fourth-order valence-electron chi connectivity index (χ4n) is 1.69. The number of likely N-dealkylation sites (N-methyl/N-ethyl adjacent to an activating group) is 1. The number of aromatic nitrogens is 1. The summed E-state index contributed by atoms with van der Waals surface area (Å²) in [6, 6.07) is 2.63. The maximum Gasteiger partial charge on any atom is 0.326 e. The molecule has 2 N–H and O–H groups in total. The van der Waals surface area contributed by atoms with Gasteiger partial charge in [-0.15, -0.1) is 0 Å². The normalized spacial score (nSPS) is 11.7. The Morgan fingerprint density at radius 1 is 1.56 bits per heavy atom. The second-order valence-corrected chi connectivity index (χ2v) is 3.85. The lowest BCUT2D eigenvalue weighted by Gasteiger charge is -2.25. The summed E-state index contributed by atoms with van der Waals surface area (Å²) in [7, 11) is 3.21. The number of anilines is 1. The molecule has 6 nitrogen and oxygen atoms in total. The van der Waals surface area contributed by atoms with E-state index in [4.69, 9.17) is 5.11 Å². The number of nitrogens with one attached hydrogen (secondary N) is 1. The van der Waals surface area contributed by atoms with Crippen LogP contribution in [0.4, 0.5) is 5.69 Å². The van der Waals surface area contributed by atoms with Gasteiger partial charge in [-0.3, -0.25) is 9.78 Å². The number of carboxylic acid groups (broad SMARTS) is 1. The van der Waals surface area contributed by atoms with Crippen LogP contribution in [0, 0.1) is 0 Å². The van der Waals surface area contributed by atoms with Gasteiger partial charge < -0.3 is 15.3 Å². The summed E-state index contributed by atoms with van der Waals surface area (Å²) in [5.41, 5.74) is 0.917. The largest absolute Gasteiger partial charge is 0.480 e. The Balaban J connectivity index is 3.02. The first-order valence-electron chi connectivity index (χ1n) is 5.65. The maximum atomic E-state index is 11.5. The van der Waals surface area contributed by atoms with Crippen LogP contribution < -0.4 is 10.2 Å². The van der Waals surface area contributed by atoms with Crippen LogP contribution in [0.3, 0.4) is 0 Å². The van der Waals surface area contributed by atoms with E-state index < -0.39 is 12.0 Å². The van der Waals surface area contributed by atoms with Gasteiger partial charge in [0.2, 0.25) is 0 Å². The number of nitrogens with zero attached hydrogens (tertiary/aromatic N) is 2. The van der Waals surface area contributed by atoms with E-state index in [2.05, 4.69) is 10.3 Å². The number of carbonyl (C=O) groups is 2. The molecule has 0 saturated carbocycles. The SMILES string of the molecule is CCC(C(=O)O)N(C)c1ccnc(C(=O)NC)c1. The van der Waals surface area contributed by atoms with Crippen molar-refractivity contribution >= 4 is 17.6 Å². The van der Waals surface area contributed by atoms with Crippen LogP contribution in [-0.2, 0) is 4.79 Å². The van der Waals surface area contributed by atoms with Crippen LogP contribution in [0.2, 0.25) is 0 Å². The van der Waals surface area contributed by atoms with Gasteiger partial charge in [0.15, 0.2) is 0 Å². The number of carbonyl (C=O) groups excluding carboxylic acids is 1. The van der Waals surface area contributed by atoms with Crippen molar-refractivity contribution in [3.05, 3.63) is 24.0 Å². The molecule has 98 valence electrons. The van der Waals surface area contributed by atoms with E-state index in [1.807, 2.05) is 0 Å². The summed E-state index contributed by atoms with van der Waals surface area (Å²) in [5.74, 6) is -1.19. The molecule has 0 bridgehead atoms. The third-order valence-electron chi connectivity index (χ3n) is 2.75. The second-order valence-electron chi connectivity index (χ2n) is 3.85. The van der Waals surface area contributed by atoms with Crippen molar-refractivity contribution in [2.75, 3.05) is 19.0 Å². The molecule has 0 spiro atoms. The lowest BCUT2D eigenvalue weighted by atomic mass is 10.1. The topological polar surface area (TPSA) is 82.5 Å². The summed E-state index contributed by atoms with van der Waals surface area (Å²) in [6.07, 6.45) is 1.97. The van der Waals surface area contributed by atoms with E-state index in [-0.39, 0.29) is 11.6 Å². The lowest BCUT2D eigenvalue weighted by Crippen LogP contribution is -2.38. The number of hydrogen-bond donors (Lipinski definition) is 2. The van der Waals surface area contributed by atoms with Gasteiger partial charge in [-0.05, 0) is 18.6 Å². The van der Waals surface area contributed by atoms with Crippen molar-refractivity contribution in [2.24, 2.45) is 0 Å². The predicted molar refractivity (Wildman–Crippen MR) is 67.7 cm³/mol. The highest BCUT2D eigenvalue weighted by Crippen LogP contribution is 2.17. The minimum Gasteiger partial charge on any atom is -0.480 e. The molecule has 1 aromatic heterocycles. The minimum atomic E-state index is -0.890. The molecule has 6 heteroatoms. The Kier molecular flexibility index (Phi) is 4.65. The van der Waals surface area contributed by atoms with Crippen LogP contribution in [-0.4, -0.2) is 42.1 Å². The molecule has 0 fully saturated rings. The Bertz CT molecular complexity index is 448. The zero-order chi connectivity index (χ0) is 13.7. The van der Waals surface area contributed by atoms with E-state index in [9.17, 15) is 9.59 Å². The first kappa shape index (κ1) is 14.0. The molecular formula is C12H17N3O3. The highest BCUT2D eigenvalue weighted by molar-refractivity contribution is 5.93. The van der Waals surface area contributed by atoms with Gasteiger partial charge in [0.25, 0.3) is 5.91 Å². The van der Waals surface area contributed by atoms with Gasteiger partial charge in [-0.25, -0.2) is 4.79 Å². The monoisotopic (exact) mass is 251 g/mol. The van der Waals surface area contributed by atoms with Crippen LogP contribution in [0.15, 0.2) is 18.3 Å². The third-order valence-corrected chi connectivity index (χ3v) is 2.75. The van der Waals surface area contributed by atoms with Gasteiger partial charge in [-0.2, -0.15) is 0 Å². The predicted octanol–water partition coefficient (Wildman–Crippen LogP) is 0.741. The van der Waals surface area contributed by atoms with Crippen LogP contribution in [0.5, 0.6) is 0 Å². The quantitative estimate of drug-likeness (QED) is 0.806. The smallest absolute Gasteiger partial charge is 0.326 e. The molecule has 0 aliphatic rings. The number of pyridine rings is 1. The van der Waals surface area contributed by atoms with E-state index in [0.29, 0.717) is 12.1 Å². The molecule has 18 heavy (non-hydrogen) atoms. The number of carboxylic acids is 1. The summed E-state index contributed by atoms with van der Waals surface area (Å²) in [6.45, 7) is 1.80. The van der Waals surface area contributed by atoms with Gasteiger partial charge in [-0.1, -0.05) is 6.92 Å². The standard InChI is InChI=1S/C12H17N3O3/c1-4-10(12(17)18)15(3)8-5-6-14-9(7-8)11(16)13-2/h5-7,10H,4H2,1-3H3,(H,13,16)(H,17,18). The van der Waals surface area contributed by atoms with Crippen molar-refractivity contribution in [3.63, 3.8) is 0 Å². The van der Waals surface area contributed by atoms with Gasteiger partial charge in [0, 0.05) is 26.0 Å². The molecule has 0 radical (unpaired) electrons. The minimum absolute atomic E-state index is 0.266. The number of rotatable bonds is 5. The van der Waals surface area contributed by atoms with Crippen molar-refractivity contribution in [3.8, 4) is 0 Å². The summed E-state index contributed by atoms with van der Waals surface area (Å²) < 4.78 is 0. The van der Waals surface area contributed by atoms with Crippen LogP contribution in [0.1, 0.15) is 23.8 Å². The second kappa shape index (κ2) is 6.00. The molecule has 0 aliphatic carbocycles. The Morgan fingerprint density at radius 3 is 2.72 bits per heavy atom. The lowest BCUT2D eigenvalue weighted by molar-refractivity contribution is -0.138. The van der Waals surface area contributed by atoms with Crippen LogP contribution in [0.25, 0.3) is 0 Å². The number of amides is 1. The molecule has 0 saturated heterocycles. The maximum absolute atomic E-state index is 11.5. The Labute approximate surface area is 106 Å². The van der Waals surface area contributed by atoms with E-state index in [0.717, 1.165) is 0 Å². The molecule has 1 amide bonds. The first-order valence-corrected chi connectivity index (χ1v) is 5.65. The third kappa shape index (κ3) is 2.97. The Morgan fingerprint density at radius 2 is 2.22 bits per heavy atom. The number of hydrogen-bond acceptors (Lipinski definition) is 4. The van der Waals surface area contributed by atoms with Gasteiger partial charge in [0.05, 0.1) is 0 Å². The van der Waals surface area contributed by atoms with E-state index in [1.165, 1.54) is 13.2 Å². The zero-order valence-corrected chi connectivity index (χ0v) is 10.7. The molecule has 1 rings (SSSR count). The highest BCUT2D eigenvalue weighted by Gasteiger charge is 2.21. The van der Waals surface area contributed by atoms with Crippen LogP contribution >= 0.6 is 0 Å². The average molecular weight is 251 g/mol. The Hall–Kier alpha value is -2.11. The first-order chi connectivity index (χ1) is 8.51. The average Bonchev–Trinajstić information content (AvgIpc) is 2.38. The summed E-state index contributed by atoms with van der Waals surface area (Å²) in [4.78, 5) is 28.1. The molecule has 1 unspecified atom stereocenters. The molecule has 0 aromatic carbocycles. The fraction of sp³-hybridized carbons (Fsp3) is 0.417. The highest BCUT2D eigenvalue weighted by atomic mass is 16.4.